The number of hydrogen-bond acceptors (Lipinski definition) is 9. The molecule has 29 heavy (non-hydrogen) atoms. The van der Waals surface area contributed by atoms with E-state index in [9.17, 15) is 9.59 Å². The van der Waals surface area contributed by atoms with Gasteiger partial charge in [-0.3, -0.25) is 9.59 Å². The number of nitrogens with two attached hydrogens (primary N) is 3. The molecule has 0 aliphatic rings. The van der Waals surface area contributed by atoms with Crippen molar-refractivity contribution in [3.63, 3.8) is 0 Å². The van der Waals surface area contributed by atoms with E-state index in [2.05, 4.69) is 0 Å². The van der Waals surface area contributed by atoms with E-state index in [0.717, 1.165) is 0 Å². The summed E-state index contributed by atoms with van der Waals surface area (Å²) in [6.45, 7) is 5.23. The molecular formula is C18H37N3O8. The number of ether oxygens (including phenoxy) is 6. The average Bonchev–Trinajstić information content (AvgIpc) is 2.68. The van der Waals surface area contributed by atoms with Gasteiger partial charge < -0.3 is 45.6 Å². The van der Waals surface area contributed by atoms with Crippen LogP contribution in [0.3, 0.4) is 0 Å². The van der Waals surface area contributed by atoms with Crippen molar-refractivity contribution < 1.29 is 38.0 Å². The molecule has 0 aliphatic heterocycles. The molecule has 1 atom stereocenters. The van der Waals surface area contributed by atoms with Crippen LogP contribution in [0.1, 0.15) is 12.8 Å². The normalized spacial score (nSPS) is 12.2. The van der Waals surface area contributed by atoms with Crippen molar-refractivity contribution in [3.05, 3.63) is 0 Å². The molecule has 2 amide bonds. The lowest BCUT2D eigenvalue weighted by molar-refractivity contribution is -0.125. The Balaban J connectivity index is 3.42. The highest BCUT2D eigenvalue weighted by molar-refractivity contribution is 5.76. The van der Waals surface area contributed by atoms with E-state index in [1.807, 2.05) is 0 Å². The second-order valence-corrected chi connectivity index (χ2v) is 6.03. The van der Waals surface area contributed by atoms with E-state index in [-0.39, 0.29) is 18.9 Å². The zero-order chi connectivity index (χ0) is 21.6. The van der Waals surface area contributed by atoms with Crippen LogP contribution in [0.2, 0.25) is 0 Å². The highest BCUT2D eigenvalue weighted by Gasteiger charge is 2.15. The van der Waals surface area contributed by atoms with Gasteiger partial charge in [-0.1, -0.05) is 0 Å². The van der Waals surface area contributed by atoms with Crippen molar-refractivity contribution in [2.24, 2.45) is 23.1 Å². The maximum absolute atomic E-state index is 11.4. The van der Waals surface area contributed by atoms with Crippen molar-refractivity contribution in [1.29, 1.82) is 0 Å². The minimum Gasteiger partial charge on any atom is -0.379 e. The lowest BCUT2D eigenvalue weighted by Gasteiger charge is -2.14. The molecule has 0 fully saturated rings. The molecule has 0 bridgehead atoms. The van der Waals surface area contributed by atoms with Gasteiger partial charge in [-0.25, -0.2) is 0 Å². The molecule has 0 saturated carbocycles. The molecule has 0 radical (unpaired) electrons. The fraction of sp³-hybridized carbons (Fsp3) is 0.889. The largest absolute Gasteiger partial charge is 0.379 e. The van der Waals surface area contributed by atoms with E-state index in [0.29, 0.717) is 85.6 Å². The average molecular weight is 424 g/mol. The van der Waals surface area contributed by atoms with Crippen LogP contribution in [0.5, 0.6) is 0 Å². The molecule has 0 spiro atoms. The van der Waals surface area contributed by atoms with Gasteiger partial charge in [0.25, 0.3) is 0 Å². The van der Waals surface area contributed by atoms with Gasteiger partial charge in [-0.2, -0.15) is 0 Å². The van der Waals surface area contributed by atoms with Crippen LogP contribution >= 0.6 is 0 Å². The van der Waals surface area contributed by atoms with Crippen molar-refractivity contribution in [2.75, 3.05) is 85.8 Å². The van der Waals surface area contributed by atoms with Gasteiger partial charge in [0.2, 0.25) is 11.8 Å². The van der Waals surface area contributed by atoms with E-state index in [4.69, 9.17) is 45.6 Å². The third-order valence-corrected chi connectivity index (χ3v) is 3.58. The maximum atomic E-state index is 11.4. The first-order valence-corrected chi connectivity index (χ1v) is 9.82. The molecule has 0 heterocycles. The molecule has 0 aromatic carbocycles. The van der Waals surface area contributed by atoms with Crippen molar-refractivity contribution in [2.45, 2.75) is 12.8 Å². The smallest absolute Gasteiger partial charge is 0.222 e. The van der Waals surface area contributed by atoms with Crippen LogP contribution in [0.15, 0.2) is 0 Å². The van der Waals surface area contributed by atoms with Crippen LogP contribution in [0.25, 0.3) is 0 Å². The van der Waals surface area contributed by atoms with Gasteiger partial charge >= 0.3 is 0 Å². The van der Waals surface area contributed by atoms with E-state index < -0.39 is 11.8 Å². The summed E-state index contributed by atoms with van der Waals surface area (Å²) >= 11 is 0. The standard InChI is InChI=1S/C18H37N3O8/c19-3-6-26-9-7-24-4-1-16(18(21)23)15-29-14-13-28-12-11-27-10-8-25-5-2-17(20)22/h16H,1-15,19H2,(H2,20,22)(H2,21,23). The number of carbonyl (C=O) groups is 2. The molecule has 6 N–H and O–H groups in total. The quantitative estimate of drug-likeness (QED) is 0.164. The first-order chi connectivity index (χ1) is 14.1. The van der Waals surface area contributed by atoms with Crippen LogP contribution in [-0.4, -0.2) is 97.6 Å². The van der Waals surface area contributed by atoms with E-state index >= 15 is 0 Å². The first kappa shape index (κ1) is 27.7. The molecule has 0 rings (SSSR count). The zero-order valence-electron chi connectivity index (χ0n) is 17.2. The minimum absolute atomic E-state index is 0.205. The Morgan fingerprint density at radius 3 is 1.55 bits per heavy atom. The van der Waals surface area contributed by atoms with E-state index in [1.165, 1.54) is 0 Å². The third kappa shape index (κ3) is 21.2. The monoisotopic (exact) mass is 423 g/mol. The molecule has 11 heteroatoms. The lowest BCUT2D eigenvalue weighted by atomic mass is 10.1. The molecule has 11 nitrogen and oxygen atoms in total. The Bertz CT molecular complexity index is 401. The second kappa shape index (κ2) is 21.4. The summed E-state index contributed by atoms with van der Waals surface area (Å²) in [6.07, 6.45) is 0.694. The summed E-state index contributed by atoms with van der Waals surface area (Å²) in [7, 11) is 0. The fourth-order valence-corrected chi connectivity index (χ4v) is 2.00. The van der Waals surface area contributed by atoms with Gasteiger partial charge in [-0.15, -0.1) is 0 Å². The third-order valence-electron chi connectivity index (χ3n) is 3.58. The van der Waals surface area contributed by atoms with Gasteiger partial charge in [0, 0.05) is 19.6 Å². The van der Waals surface area contributed by atoms with Gasteiger partial charge in [0.1, 0.15) is 0 Å². The summed E-state index contributed by atoms with van der Waals surface area (Å²) < 4.78 is 31.8. The Kier molecular flexibility index (Phi) is 20.4. The summed E-state index contributed by atoms with van der Waals surface area (Å²) in [4.78, 5) is 21.9. The molecule has 0 saturated heterocycles. The predicted octanol–water partition coefficient (Wildman–Crippen LogP) is -1.59. The topological polar surface area (TPSA) is 168 Å². The minimum atomic E-state index is -0.416. The number of amides is 2. The van der Waals surface area contributed by atoms with Gasteiger partial charge in [-0.05, 0) is 6.42 Å². The van der Waals surface area contributed by atoms with Crippen LogP contribution in [0, 0.1) is 5.92 Å². The fourth-order valence-electron chi connectivity index (χ4n) is 2.00. The molecule has 172 valence electrons. The zero-order valence-corrected chi connectivity index (χ0v) is 17.2. The lowest BCUT2D eigenvalue weighted by Crippen LogP contribution is -2.29. The molecule has 0 aromatic rings. The highest BCUT2D eigenvalue weighted by atomic mass is 16.6. The van der Waals surface area contributed by atoms with Gasteiger partial charge in [0.05, 0.1) is 78.6 Å². The number of rotatable bonds is 23. The Morgan fingerprint density at radius 1 is 0.621 bits per heavy atom. The van der Waals surface area contributed by atoms with Crippen molar-refractivity contribution >= 4 is 11.8 Å². The van der Waals surface area contributed by atoms with Gasteiger partial charge in [0.15, 0.2) is 0 Å². The van der Waals surface area contributed by atoms with Crippen LogP contribution in [0.4, 0.5) is 0 Å². The second-order valence-electron chi connectivity index (χ2n) is 6.03. The number of hydrogen-bond donors (Lipinski definition) is 3. The molecule has 0 aromatic heterocycles. The number of carbonyl (C=O) groups excluding carboxylic acids is 2. The van der Waals surface area contributed by atoms with Crippen LogP contribution < -0.4 is 17.2 Å². The van der Waals surface area contributed by atoms with Crippen LogP contribution in [-0.2, 0) is 38.0 Å². The molecular weight excluding hydrogens is 386 g/mol. The molecule has 1 unspecified atom stereocenters. The first-order valence-electron chi connectivity index (χ1n) is 9.82. The Hall–Kier alpha value is -1.34. The number of primary amides is 2. The predicted molar refractivity (Wildman–Crippen MR) is 105 cm³/mol. The highest BCUT2D eigenvalue weighted by Crippen LogP contribution is 2.04. The summed E-state index contributed by atoms with van der Waals surface area (Å²) in [5, 5.41) is 0. The van der Waals surface area contributed by atoms with Crippen molar-refractivity contribution in [3.8, 4) is 0 Å². The summed E-state index contributed by atoms with van der Waals surface area (Å²) in [6, 6.07) is 0. The van der Waals surface area contributed by atoms with Crippen molar-refractivity contribution in [1.82, 2.24) is 0 Å². The maximum Gasteiger partial charge on any atom is 0.222 e. The molecule has 0 aliphatic carbocycles. The Labute approximate surface area is 172 Å². The summed E-state index contributed by atoms with van der Waals surface area (Å²) in [5.41, 5.74) is 15.7. The SMILES string of the molecule is NCCOCCOCCC(COCCOCCOCCOCCC(N)=O)C(N)=O. The van der Waals surface area contributed by atoms with E-state index in [1.54, 1.807) is 0 Å². The Morgan fingerprint density at radius 2 is 1.07 bits per heavy atom. The summed E-state index contributed by atoms with van der Waals surface area (Å²) in [5.74, 6) is -1.21.